The van der Waals surface area contributed by atoms with Gasteiger partial charge in [-0.3, -0.25) is 9.36 Å². The van der Waals surface area contributed by atoms with Gasteiger partial charge < -0.3 is 5.73 Å². The van der Waals surface area contributed by atoms with Crippen molar-refractivity contribution < 1.29 is 0 Å². The van der Waals surface area contributed by atoms with Crippen LogP contribution in [0.25, 0.3) is 16.6 Å². The van der Waals surface area contributed by atoms with E-state index < -0.39 is 0 Å². The summed E-state index contributed by atoms with van der Waals surface area (Å²) < 4.78 is 1.56. The van der Waals surface area contributed by atoms with Gasteiger partial charge in [0, 0.05) is 12.1 Å². The van der Waals surface area contributed by atoms with Crippen molar-refractivity contribution in [3.63, 3.8) is 0 Å². The number of fused-ring (bicyclic) bond motifs is 1. The van der Waals surface area contributed by atoms with Gasteiger partial charge >= 0.3 is 0 Å². The fraction of sp³-hybridized carbons (Fsp3) is 0.222. The summed E-state index contributed by atoms with van der Waals surface area (Å²) in [5.41, 5.74) is 5.59. The Labute approximate surface area is 141 Å². The molecule has 1 aromatic heterocycles. The van der Waals surface area contributed by atoms with Crippen LogP contribution < -0.4 is 11.3 Å². The minimum atomic E-state index is -0.179. The van der Waals surface area contributed by atoms with Crippen molar-refractivity contribution in [2.75, 3.05) is 7.05 Å². The van der Waals surface area contributed by atoms with Gasteiger partial charge in [-0.2, -0.15) is 0 Å². The number of nitrogens with zero attached hydrogens (tertiary/aromatic N) is 2. The van der Waals surface area contributed by atoms with E-state index in [2.05, 4.69) is 23.9 Å². The summed E-state index contributed by atoms with van der Waals surface area (Å²) >= 11 is 6.17. The number of rotatable bonds is 5. The highest BCUT2D eigenvalue weighted by atomic mass is 35.5. The van der Waals surface area contributed by atoms with Crippen LogP contribution in [0.4, 0.5) is 0 Å². The first-order chi connectivity index (χ1) is 11.1. The van der Waals surface area contributed by atoms with Gasteiger partial charge in [-0.25, -0.2) is 4.98 Å². The molecule has 0 aliphatic rings. The molecule has 0 unspecified atom stereocenters. The molecule has 122 valence electrons. The highest BCUT2D eigenvalue weighted by molar-refractivity contribution is 6.35. The first-order valence-electron chi connectivity index (χ1n) is 7.37. The summed E-state index contributed by atoms with van der Waals surface area (Å²) in [6.07, 6.45) is 6.55. The van der Waals surface area contributed by atoms with E-state index in [4.69, 9.17) is 11.6 Å². The van der Waals surface area contributed by atoms with Gasteiger partial charge in [0.2, 0.25) is 0 Å². The van der Waals surface area contributed by atoms with Crippen LogP contribution in [0.1, 0.15) is 19.2 Å². The van der Waals surface area contributed by atoms with Crippen LogP contribution in [-0.2, 0) is 6.42 Å². The summed E-state index contributed by atoms with van der Waals surface area (Å²) in [5.74, 6) is 0.699. The van der Waals surface area contributed by atoms with E-state index in [9.17, 15) is 4.79 Å². The standard InChI is InChI=1S/C17H17ClN2O.CH5N/c1-4-8-12(6-3)20-15(9-5-2)19-14-11-7-10-13(18)16(14)17(20)21;1-2/h4,6-8,10-11H,1,3,5,9H2,2H3;2H2,1H3/b12-8+;. The molecule has 2 rings (SSSR count). The van der Waals surface area contributed by atoms with E-state index in [-0.39, 0.29) is 5.56 Å². The van der Waals surface area contributed by atoms with Gasteiger partial charge in [-0.05, 0) is 37.8 Å². The Hall–Kier alpha value is -2.17. The molecule has 5 heteroatoms. The van der Waals surface area contributed by atoms with E-state index >= 15 is 0 Å². The van der Waals surface area contributed by atoms with Crippen LogP contribution in [0.3, 0.4) is 0 Å². The second-order valence-electron chi connectivity index (χ2n) is 4.58. The molecule has 0 aliphatic heterocycles. The lowest BCUT2D eigenvalue weighted by atomic mass is 10.2. The maximum absolute atomic E-state index is 12.8. The number of aromatic nitrogens is 2. The molecule has 23 heavy (non-hydrogen) atoms. The van der Waals surface area contributed by atoms with E-state index in [1.807, 2.05) is 6.92 Å². The molecule has 1 heterocycles. The van der Waals surface area contributed by atoms with Crippen molar-refractivity contribution in [3.05, 3.63) is 70.8 Å². The van der Waals surface area contributed by atoms with Crippen LogP contribution in [0.5, 0.6) is 0 Å². The number of hydrogen-bond donors (Lipinski definition) is 1. The lowest BCUT2D eigenvalue weighted by Gasteiger charge is -2.14. The largest absolute Gasteiger partial charge is 0.333 e. The van der Waals surface area contributed by atoms with Crippen LogP contribution in [-0.4, -0.2) is 16.6 Å². The van der Waals surface area contributed by atoms with Gasteiger partial charge in [0.05, 0.1) is 15.9 Å². The Bertz CT molecular complexity index is 791. The Kier molecular flexibility index (Phi) is 7.45. The molecule has 0 saturated heterocycles. The van der Waals surface area contributed by atoms with E-state index in [1.54, 1.807) is 41.0 Å². The fourth-order valence-corrected chi connectivity index (χ4v) is 2.50. The van der Waals surface area contributed by atoms with Crippen LogP contribution in [0.2, 0.25) is 5.02 Å². The molecule has 0 spiro atoms. The van der Waals surface area contributed by atoms with Gasteiger partial charge in [0.1, 0.15) is 5.82 Å². The van der Waals surface area contributed by atoms with Crippen molar-refractivity contribution in [1.29, 1.82) is 0 Å². The summed E-state index contributed by atoms with van der Waals surface area (Å²) in [5, 5.41) is 0.833. The molecule has 0 aliphatic carbocycles. The molecular weight excluding hydrogens is 310 g/mol. The summed E-state index contributed by atoms with van der Waals surface area (Å²) in [6.45, 7) is 9.48. The van der Waals surface area contributed by atoms with Gasteiger partial charge in [0.25, 0.3) is 5.56 Å². The third kappa shape index (κ3) is 3.97. The summed E-state index contributed by atoms with van der Waals surface area (Å²) in [4.78, 5) is 17.4. The molecule has 0 amide bonds. The predicted molar refractivity (Wildman–Crippen MR) is 99.8 cm³/mol. The predicted octanol–water partition coefficient (Wildman–Crippen LogP) is 3.79. The maximum Gasteiger partial charge on any atom is 0.267 e. The SMILES string of the molecule is C=C/C=C(\C=C)n1c(CCC)nc2cccc(Cl)c2c1=O.CN. The smallest absolute Gasteiger partial charge is 0.267 e. The average molecular weight is 332 g/mol. The molecule has 4 nitrogen and oxygen atoms in total. The first-order valence-corrected chi connectivity index (χ1v) is 7.75. The third-order valence-electron chi connectivity index (χ3n) is 3.15. The zero-order valence-corrected chi connectivity index (χ0v) is 14.3. The Morgan fingerprint density at radius 3 is 2.65 bits per heavy atom. The number of nitrogens with two attached hydrogens (primary N) is 1. The van der Waals surface area contributed by atoms with E-state index in [0.29, 0.717) is 33.9 Å². The molecule has 0 atom stereocenters. The number of hydrogen-bond acceptors (Lipinski definition) is 3. The van der Waals surface area contributed by atoms with Crippen molar-refractivity contribution in [3.8, 4) is 0 Å². The number of benzene rings is 1. The third-order valence-corrected chi connectivity index (χ3v) is 3.46. The van der Waals surface area contributed by atoms with Gasteiger partial charge in [-0.15, -0.1) is 0 Å². The first kappa shape index (κ1) is 18.9. The van der Waals surface area contributed by atoms with Crippen molar-refractivity contribution in [1.82, 2.24) is 9.55 Å². The molecular formula is C18H22ClN3O. The fourth-order valence-electron chi connectivity index (χ4n) is 2.25. The quantitative estimate of drug-likeness (QED) is 0.848. The second kappa shape index (κ2) is 9.08. The molecule has 2 N–H and O–H groups in total. The van der Waals surface area contributed by atoms with Crippen molar-refractivity contribution in [2.24, 2.45) is 5.73 Å². The monoisotopic (exact) mass is 331 g/mol. The van der Waals surface area contributed by atoms with Crippen LogP contribution in [0, 0.1) is 0 Å². The molecule has 2 aromatic rings. The van der Waals surface area contributed by atoms with Crippen LogP contribution in [0.15, 0.2) is 54.4 Å². The number of allylic oxidation sites excluding steroid dienone is 4. The zero-order chi connectivity index (χ0) is 17.4. The van der Waals surface area contributed by atoms with Gasteiger partial charge in [0.15, 0.2) is 0 Å². The molecule has 1 aromatic carbocycles. The molecule has 0 bridgehead atoms. The number of aryl methyl sites for hydroxylation is 1. The maximum atomic E-state index is 12.8. The highest BCUT2D eigenvalue weighted by Crippen LogP contribution is 2.20. The molecule has 0 fully saturated rings. The second-order valence-corrected chi connectivity index (χ2v) is 4.99. The van der Waals surface area contributed by atoms with E-state index in [1.165, 1.54) is 7.05 Å². The normalized spacial score (nSPS) is 10.9. The number of halogens is 1. The van der Waals surface area contributed by atoms with Crippen molar-refractivity contribution >= 4 is 28.2 Å². The zero-order valence-electron chi connectivity index (χ0n) is 13.6. The Balaban J connectivity index is 0.00000127. The Morgan fingerprint density at radius 2 is 2.09 bits per heavy atom. The average Bonchev–Trinajstić information content (AvgIpc) is 2.56. The van der Waals surface area contributed by atoms with E-state index in [0.717, 1.165) is 6.42 Å². The summed E-state index contributed by atoms with van der Waals surface area (Å²) in [6, 6.07) is 5.30. The summed E-state index contributed by atoms with van der Waals surface area (Å²) in [7, 11) is 1.50. The minimum Gasteiger partial charge on any atom is -0.333 e. The van der Waals surface area contributed by atoms with Gasteiger partial charge in [-0.1, -0.05) is 43.8 Å². The highest BCUT2D eigenvalue weighted by Gasteiger charge is 2.14. The molecule has 0 saturated carbocycles. The minimum absolute atomic E-state index is 0.179. The van der Waals surface area contributed by atoms with Crippen LogP contribution >= 0.6 is 11.6 Å². The van der Waals surface area contributed by atoms with Crippen molar-refractivity contribution in [2.45, 2.75) is 19.8 Å². The lowest BCUT2D eigenvalue weighted by molar-refractivity contribution is 0.786. The topological polar surface area (TPSA) is 60.9 Å². The molecule has 0 radical (unpaired) electrons. The Morgan fingerprint density at radius 1 is 1.39 bits per heavy atom. The lowest BCUT2D eigenvalue weighted by Crippen LogP contribution is -2.24.